The lowest BCUT2D eigenvalue weighted by atomic mass is 9.97. The second-order valence-corrected chi connectivity index (χ2v) is 4.51. The summed E-state index contributed by atoms with van der Waals surface area (Å²) in [7, 11) is 1.67. The highest BCUT2D eigenvalue weighted by Crippen LogP contribution is 2.31. The Bertz CT molecular complexity index is 232. The average molecular weight is 215 g/mol. The van der Waals surface area contributed by atoms with E-state index in [9.17, 15) is 9.90 Å². The minimum Gasteiger partial charge on any atom is -0.480 e. The van der Waals surface area contributed by atoms with Crippen molar-refractivity contribution in [2.75, 3.05) is 20.3 Å². The van der Waals surface area contributed by atoms with Gasteiger partial charge in [-0.05, 0) is 39.7 Å². The Hall–Kier alpha value is -0.610. The second-order valence-electron chi connectivity index (χ2n) is 4.51. The molecule has 0 saturated carbocycles. The molecule has 1 saturated heterocycles. The van der Waals surface area contributed by atoms with Crippen molar-refractivity contribution >= 4 is 5.97 Å². The van der Waals surface area contributed by atoms with Gasteiger partial charge in [0, 0.05) is 19.8 Å². The summed E-state index contributed by atoms with van der Waals surface area (Å²) in [4.78, 5) is 13.3. The van der Waals surface area contributed by atoms with E-state index >= 15 is 0 Å². The van der Waals surface area contributed by atoms with E-state index in [1.807, 2.05) is 6.92 Å². The smallest absolute Gasteiger partial charge is 0.323 e. The first-order valence-electron chi connectivity index (χ1n) is 5.51. The molecule has 1 fully saturated rings. The van der Waals surface area contributed by atoms with Crippen molar-refractivity contribution in [2.45, 2.75) is 44.7 Å². The first-order chi connectivity index (χ1) is 7.02. The Balaban J connectivity index is 2.63. The molecule has 2 atom stereocenters. The molecule has 1 aliphatic heterocycles. The molecular weight excluding hydrogens is 194 g/mol. The average Bonchev–Trinajstić information content (AvgIpc) is 2.58. The molecule has 1 rings (SSSR count). The summed E-state index contributed by atoms with van der Waals surface area (Å²) in [5.74, 6) is -0.704. The zero-order valence-electron chi connectivity index (χ0n) is 9.82. The Morgan fingerprint density at radius 2 is 2.33 bits per heavy atom. The van der Waals surface area contributed by atoms with Crippen LogP contribution in [0, 0.1) is 0 Å². The molecule has 1 heterocycles. The number of hydrogen-bond acceptors (Lipinski definition) is 3. The number of aliphatic carboxylic acids is 1. The largest absolute Gasteiger partial charge is 0.480 e. The molecule has 0 aromatic heterocycles. The van der Waals surface area contributed by atoms with Gasteiger partial charge in [-0.2, -0.15) is 0 Å². The van der Waals surface area contributed by atoms with E-state index < -0.39 is 11.5 Å². The Labute approximate surface area is 91.2 Å². The summed E-state index contributed by atoms with van der Waals surface area (Å²) in [6.45, 7) is 5.47. The van der Waals surface area contributed by atoms with Crippen LogP contribution in [0.5, 0.6) is 0 Å². The number of rotatable bonds is 5. The van der Waals surface area contributed by atoms with Crippen molar-refractivity contribution in [2.24, 2.45) is 0 Å². The third kappa shape index (κ3) is 2.49. The highest BCUT2D eigenvalue weighted by Gasteiger charge is 2.44. The lowest BCUT2D eigenvalue weighted by Crippen LogP contribution is -2.51. The molecule has 15 heavy (non-hydrogen) atoms. The lowest BCUT2D eigenvalue weighted by molar-refractivity contribution is -0.150. The van der Waals surface area contributed by atoms with Crippen LogP contribution in [0.2, 0.25) is 0 Å². The summed E-state index contributed by atoms with van der Waals surface area (Å²) in [6, 6.07) is 0.272. The number of ether oxygens (including phenoxy) is 1. The van der Waals surface area contributed by atoms with Crippen LogP contribution in [-0.2, 0) is 9.53 Å². The highest BCUT2D eigenvalue weighted by atomic mass is 16.5. The lowest BCUT2D eigenvalue weighted by Gasteiger charge is -2.36. The summed E-state index contributed by atoms with van der Waals surface area (Å²) in [5.41, 5.74) is -0.673. The van der Waals surface area contributed by atoms with Crippen molar-refractivity contribution in [3.8, 4) is 0 Å². The molecule has 1 N–H and O–H groups in total. The molecule has 88 valence electrons. The monoisotopic (exact) mass is 215 g/mol. The molecule has 0 radical (unpaired) electrons. The van der Waals surface area contributed by atoms with E-state index in [0.29, 0.717) is 6.61 Å². The summed E-state index contributed by atoms with van der Waals surface area (Å²) in [6.07, 6.45) is 2.61. The van der Waals surface area contributed by atoms with Gasteiger partial charge in [0.1, 0.15) is 5.54 Å². The number of hydrogen-bond donors (Lipinski definition) is 1. The van der Waals surface area contributed by atoms with Crippen LogP contribution < -0.4 is 0 Å². The number of carboxylic acid groups (broad SMARTS) is 1. The summed E-state index contributed by atoms with van der Waals surface area (Å²) >= 11 is 0. The number of carboxylic acids is 1. The molecule has 4 nitrogen and oxygen atoms in total. The molecule has 4 heteroatoms. The van der Waals surface area contributed by atoms with E-state index in [1.165, 1.54) is 0 Å². The van der Waals surface area contributed by atoms with Gasteiger partial charge < -0.3 is 9.84 Å². The zero-order chi connectivity index (χ0) is 11.5. The first kappa shape index (κ1) is 12.5. The maximum absolute atomic E-state index is 11.2. The van der Waals surface area contributed by atoms with Crippen molar-refractivity contribution in [1.82, 2.24) is 4.90 Å². The third-order valence-electron chi connectivity index (χ3n) is 3.43. The van der Waals surface area contributed by atoms with Gasteiger partial charge >= 0.3 is 5.97 Å². The van der Waals surface area contributed by atoms with E-state index in [1.54, 1.807) is 7.11 Å². The number of likely N-dealkylation sites (tertiary alicyclic amines) is 1. The molecule has 0 bridgehead atoms. The van der Waals surface area contributed by atoms with Crippen LogP contribution in [0.1, 0.15) is 33.1 Å². The summed E-state index contributed by atoms with van der Waals surface area (Å²) < 4.78 is 5.03. The third-order valence-corrected chi connectivity index (χ3v) is 3.43. The predicted molar refractivity (Wildman–Crippen MR) is 57.9 cm³/mol. The van der Waals surface area contributed by atoms with Gasteiger partial charge in [-0.15, -0.1) is 0 Å². The van der Waals surface area contributed by atoms with Crippen LogP contribution in [0.15, 0.2) is 0 Å². The molecule has 1 aliphatic rings. The minimum absolute atomic E-state index is 0.272. The molecule has 0 spiro atoms. The maximum Gasteiger partial charge on any atom is 0.323 e. The standard InChI is InChI=1S/C11H21NO3/c1-9(5-8-15-3)12-7-4-6-11(12,2)10(13)14/h9H,4-8H2,1-3H3,(H,13,14). The Kier molecular flexibility index (Phi) is 4.11. The molecule has 2 unspecified atom stereocenters. The van der Waals surface area contributed by atoms with Gasteiger partial charge in [0.25, 0.3) is 0 Å². The maximum atomic E-state index is 11.2. The van der Waals surface area contributed by atoms with Crippen LogP contribution in [0.3, 0.4) is 0 Å². The first-order valence-corrected chi connectivity index (χ1v) is 5.51. The Morgan fingerprint density at radius 3 is 2.87 bits per heavy atom. The van der Waals surface area contributed by atoms with Crippen molar-refractivity contribution in [3.05, 3.63) is 0 Å². The van der Waals surface area contributed by atoms with Crippen molar-refractivity contribution in [3.63, 3.8) is 0 Å². The van der Waals surface area contributed by atoms with Crippen molar-refractivity contribution < 1.29 is 14.6 Å². The fraction of sp³-hybridized carbons (Fsp3) is 0.909. The number of nitrogens with zero attached hydrogens (tertiary/aromatic N) is 1. The van der Waals surface area contributed by atoms with E-state index in [2.05, 4.69) is 11.8 Å². The SMILES string of the molecule is COCCC(C)N1CCCC1(C)C(=O)O. The van der Waals surface area contributed by atoms with Gasteiger partial charge in [-0.25, -0.2) is 0 Å². The van der Waals surface area contributed by atoms with Gasteiger partial charge in [0.15, 0.2) is 0 Å². The van der Waals surface area contributed by atoms with Gasteiger partial charge in [0.05, 0.1) is 0 Å². The topological polar surface area (TPSA) is 49.8 Å². The van der Waals surface area contributed by atoms with Crippen LogP contribution in [-0.4, -0.2) is 47.8 Å². The number of methoxy groups -OCH3 is 1. The Morgan fingerprint density at radius 1 is 1.67 bits per heavy atom. The summed E-state index contributed by atoms with van der Waals surface area (Å²) in [5, 5.41) is 9.24. The van der Waals surface area contributed by atoms with E-state index in [0.717, 1.165) is 25.8 Å². The molecule has 0 aromatic rings. The quantitative estimate of drug-likeness (QED) is 0.752. The fourth-order valence-corrected chi connectivity index (χ4v) is 2.36. The van der Waals surface area contributed by atoms with Gasteiger partial charge in [-0.3, -0.25) is 9.69 Å². The number of carbonyl (C=O) groups is 1. The molecule has 0 amide bonds. The zero-order valence-corrected chi connectivity index (χ0v) is 9.82. The fourth-order valence-electron chi connectivity index (χ4n) is 2.36. The second kappa shape index (κ2) is 4.94. The normalized spacial score (nSPS) is 29.3. The van der Waals surface area contributed by atoms with Crippen molar-refractivity contribution in [1.29, 1.82) is 0 Å². The highest BCUT2D eigenvalue weighted by molar-refractivity contribution is 5.78. The minimum atomic E-state index is -0.704. The predicted octanol–water partition coefficient (Wildman–Crippen LogP) is 1.35. The van der Waals surface area contributed by atoms with Gasteiger partial charge in [-0.1, -0.05) is 0 Å². The van der Waals surface area contributed by atoms with E-state index in [-0.39, 0.29) is 6.04 Å². The van der Waals surface area contributed by atoms with Crippen LogP contribution in [0.25, 0.3) is 0 Å². The molecule has 0 aromatic carbocycles. The molecule has 0 aliphatic carbocycles. The van der Waals surface area contributed by atoms with Gasteiger partial charge in [0.2, 0.25) is 0 Å². The van der Waals surface area contributed by atoms with E-state index in [4.69, 9.17) is 4.74 Å². The van der Waals surface area contributed by atoms with Crippen LogP contribution in [0.4, 0.5) is 0 Å². The van der Waals surface area contributed by atoms with Crippen LogP contribution >= 0.6 is 0 Å². The molecular formula is C11H21NO3.